The topological polar surface area (TPSA) is 45.2 Å². The average Bonchev–Trinajstić information content (AvgIpc) is 2.37. The molecule has 17 heavy (non-hydrogen) atoms. The first kappa shape index (κ1) is 12.0. The summed E-state index contributed by atoms with van der Waals surface area (Å²) in [5.41, 5.74) is 3.53. The molecule has 0 amide bonds. The molecule has 0 aliphatic heterocycles. The highest BCUT2D eigenvalue weighted by Crippen LogP contribution is 2.20. The Bertz CT molecular complexity index is 511. The number of aromatic nitrogens is 1. The molecule has 2 rings (SSSR count). The number of aliphatic hydroxyl groups excluding tert-OH is 1. The van der Waals surface area contributed by atoms with Gasteiger partial charge in [0.25, 0.3) is 0 Å². The molecule has 0 unspecified atom stereocenters. The van der Waals surface area contributed by atoms with E-state index in [9.17, 15) is 0 Å². The molecule has 0 aliphatic carbocycles. The predicted octanol–water partition coefficient (Wildman–Crippen LogP) is 2.01. The zero-order chi connectivity index (χ0) is 12.3. The van der Waals surface area contributed by atoms with Crippen LogP contribution in [-0.4, -0.2) is 22.7 Å². The van der Waals surface area contributed by atoms with Crippen molar-refractivity contribution in [2.24, 2.45) is 0 Å². The molecule has 0 saturated carbocycles. The van der Waals surface area contributed by atoms with Gasteiger partial charge >= 0.3 is 0 Å². The van der Waals surface area contributed by atoms with Gasteiger partial charge in [-0.05, 0) is 37.1 Å². The molecule has 3 heteroatoms. The van der Waals surface area contributed by atoms with Gasteiger partial charge in [0.1, 0.15) is 0 Å². The molecular weight excluding hydrogens is 212 g/mol. The van der Waals surface area contributed by atoms with Gasteiger partial charge in [0.15, 0.2) is 0 Å². The van der Waals surface area contributed by atoms with Crippen molar-refractivity contribution >= 4 is 10.9 Å². The first-order valence-corrected chi connectivity index (χ1v) is 5.90. The van der Waals surface area contributed by atoms with Crippen LogP contribution in [0.25, 0.3) is 10.9 Å². The monoisotopic (exact) mass is 230 g/mol. The van der Waals surface area contributed by atoms with Crippen molar-refractivity contribution < 1.29 is 5.11 Å². The molecule has 0 spiro atoms. The van der Waals surface area contributed by atoms with Crippen LogP contribution in [0, 0.1) is 6.92 Å². The summed E-state index contributed by atoms with van der Waals surface area (Å²) in [4.78, 5) is 4.35. The van der Waals surface area contributed by atoms with E-state index in [1.54, 1.807) is 0 Å². The summed E-state index contributed by atoms with van der Waals surface area (Å²) in [6, 6.07) is 8.30. The molecule has 1 atom stereocenters. The largest absolute Gasteiger partial charge is 0.395 e. The third kappa shape index (κ3) is 2.62. The number of hydrogen-bond acceptors (Lipinski definition) is 3. The Labute approximate surface area is 102 Å². The normalized spacial score (nSPS) is 12.9. The predicted molar refractivity (Wildman–Crippen MR) is 69.9 cm³/mol. The van der Waals surface area contributed by atoms with E-state index in [0.717, 1.165) is 12.1 Å². The number of aliphatic hydroxyl groups is 1. The summed E-state index contributed by atoms with van der Waals surface area (Å²) in [6.45, 7) is 4.99. The summed E-state index contributed by atoms with van der Waals surface area (Å²) >= 11 is 0. The van der Waals surface area contributed by atoms with Crippen LogP contribution in [0.1, 0.15) is 18.1 Å². The molecule has 2 N–H and O–H groups in total. The number of aryl methyl sites for hydroxylation is 1. The third-order valence-corrected chi connectivity index (χ3v) is 3.03. The first-order chi connectivity index (χ1) is 8.22. The van der Waals surface area contributed by atoms with Gasteiger partial charge in [-0.2, -0.15) is 0 Å². The molecule has 1 aromatic heterocycles. The number of hydrogen-bond donors (Lipinski definition) is 2. The molecule has 90 valence electrons. The van der Waals surface area contributed by atoms with Gasteiger partial charge in [-0.1, -0.05) is 12.1 Å². The fourth-order valence-corrected chi connectivity index (χ4v) is 1.90. The van der Waals surface area contributed by atoms with Gasteiger partial charge in [-0.15, -0.1) is 0 Å². The molecular formula is C14H18N2O. The van der Waals surface area contributed by atoms with Crippen LogP contribution < -0.4 is 5.32 Å². The number of benzene rings is 1. The van der Waals surface area contributed by atoms with Gasteiger partial charge < -0.3 is 10.4 Å². The fourth-order valence-electron chi connectivity index (χ4n) is 1.90. The van der Waals surface area contributed by atoms with Crippen LogP contribution in [0.3, 0.4) is 0 Å². The maximum absolute atomic E-state index is 9.02. The lowest BCUT2D eigenvalue weighted by molar-refractivity contribution is 0.251. The van der Waals surface area contributed by atoms with E-state index < -0.39 is 0 Å². The van der Waals surface area contributed by atoms with E-state index in [2.05, 4.69) is 29.4 Å². The van der Waals surface area contributed by atoms with Crippen LogP contribution >= 0.6 is 0 Å². The van der Waals surface area contributed by atoms with Crippen molar-refractivity contribution in [1.82, 2.24) is 10.3 Å². The van der Waals surface area contributed by atoms with Crippen molar-refractivity contribution in [3.63, 3.8) is 0 Å². The number of pyridine rings is 1. The SMILES string of the molecule is Cc1ccc2ncccc2c1CN[C@H](C)CO. The van der Waals surface area contributed by atoms with Gasteiger partial charge in [0, 0.05) is 24.2 Å². The number of nitrogens with one attached hydrogen (secondary N) is 1. The van der Waals surface area contributed by atoms with Crippen molar-refractivity contribution in [3.8, 4) is 0 Å². The van der Waals surface area contributed by atoms with Crippen LogP contribution in [0.4, 0.5) is 0 Å². The standard InChI is InChI=1S/C14H18N2O/c1-10-5-6-14-12(4-3-7-15-14)13(10)8-16-11(2)9-17/h3-7,11,16-17H,8-9H2,1-2H3/t11-/m1/s1. The lowest BCUT2D eigenvalue weighted by Crippen LogP contribution is -2.29. The number of nitrogens with zero attached hydrogens (tertiary/aromatic N) is 1. The van der Waals surface area contributed by atoms with Crippen molar-refractivity contribution in [2.45, 2.75) is 26.4 Å². The summed E-state index contributed by atoms with van der Waals surface area (Å²) in [5.74, 6) is 0. The minimum atomic E-state index is 0.112. The van der Waals surface area contributed by atoms with Crippen LogP contribution in [-0.2, 0) is 6.54 Å². The molecule has 2 aromatic rings. The smallest absolute Gasteiger partial charge is 0.0705 e. The summed E-state index contributed by atoms with van der Waals surface area (Å²) in [7, 11) is 0. The fraction of sp³-hybridized carbons (Fsp3) is 0.357. The van der Waals surface area contributed by atoms with Crippen molar-refractivity contribution in [2.75, 3.05) is 6.61 Å². The highest BCUT2D eigenvalue weighted by atomic mass is 16.3. The Morgan fingerprint density at radius 2 is 2.18 bits per heavy atom. The Kier molecular flexibility index (Phi) is 3.71. The lowest BCUT2D eigenvalue weighted by atomic mass is 10.0. The molecule has 0 bridgehead atoms. The Balaban J connectivity index is 2.34. The minimum Gasteiger partial charge on any atom is -0.395 e. The van der Waals surface area contributed by atoms with Gasteiger partial charge in [0.2, 0.25) is 0 Å². The Hall–Kier alpha value is -1.45. The van der Waals surface area contributed by atoms with E-state index in [0.29, 0.717) is 0 Å². The molecule has 0 aliphatic rings. The molecule has 3 nitrogen and oxygen atoms in total. The third-order valence-electron chi connectivity index (χ3n) is 3.03. The maximum Gasteiger partial charge on any atom is 0.0705 e. The van der Waals surface area contributed by atoms with Gasteiger partial charge in [-0.3, -0.25) is 4.98 Å². The number of rotatable bonds is 4. The van der Waals surface area contributed by atoms with Crippen molar-refractivity contribution in [1.29, 1.82) is 0 Å². The van der Waals surface area contributed by atoms with E-state index in [1.165, 1.54) is 16.5 Å². The van der Waals surface area contributed by atoms with Gasteiger partial charge in [-0.25, -0.2) is 0 Å². The number of fused-ring (bicyclic) bond motifs is 1. The quantitative estimate of drug-likeness (QED) is 0.844. The first-order valence-electron chi connectivity index (χ1n) is 5.90. The van der Waals surface area contributed by atoms with Crippen LogP contribution in [0.15, 0.2) is 30.5 Å². The summed E-state index contributed by atoms with van der Waals surface area (Å²) in [5, 5.41) is 13.5. The molecule has 0 fully saturated rings. The van der Waals surface area contributed by atoms with E-state index in [1.807, 2.05) is 25.3 Å². The van der Waals surface area contributed by atoms with Crippen LogP contribution in [0.5, 0.6) is 0 Å². The highest BCUT2D eigenvalue weighted by Gasteiger charge is 2.06. The molecule has 0 saturated heterocycles. The van der Waals surface area contributed by atoms with E-state index in [4.69, 9.17) is 5.11 Å². The lowest BCUT2D eigenvalue weighted by Gasteiger charge is -2.14. The van der Waals surface area contributed by atoms with E-state index >= 15 is 0 Å². The average molecular weight is 230 g/mol. The second kappa shape index (κ2) is 5.25. The summed E-state index contributed by atoms with van der Waals surface area (Å²) in [6.07, 6.45) is 1.81. The Morgan fingerprint density at radius 3 is 2.94 bits per heavy atom. The molecule has 1 heterocycles. The maximum atomic E-state index is 9.02. The minimum absolute atomic E-state index is 0.112. The van der Waals surface area contributed by atoms with Crippen molar-refractivity contribution in [3.05, 3.63) is 41.6 Å². The van der Waals surface area contributed by atoms with E-state index in [-0.39, 0.29) is 12.6 Å². The zero-order valence-electron chi connectivity index (χ0n) is 10.3. The molecule has 1 aromatic carbocycles. The second-order valence-electron chi connectivity index (χ2n) is 4.40. The van der Waals surface area contributed by atoms with Gasteiger partial charge in [0.05, 0.1) is 12.1 Å². The summed E-state index contributed by atoms with van der Waals surface area (Å²) < 4.78 is 0. The second-order valence-corrected chi connectivity index (χ2v) is 4.40. The van der Waals surface area contributed by atoms with Crippen LogP contribution in [0.2, 0.25) is 0 Å². The zero-order valence-corrected chi connectivity index (χ0v) is 10.3. The molecule has 0 radical (unpaired) electrons. The Morgan fingerprint density at radius 1 is 1.35 bits per heavy atom. The highest BCUT2D eigenvalue weighted by molar-refractivity contribution is 5.83.